The maximum absolute atomic E-state index is 2.42. The zero-order chi connectivity index (χ0) is 16.4. The molecule has 132 valence electrons. The molecule has 0 aliphatic heterocycles. The molecule has 0 fully saturated rings. The van der Waals surface area contributed by atoms with E-state index in [0.717, 1.165) is 5.92 Å². The van der Waals surface area contributed by atoms with Crippen LogP contribution in [0.25, 0.3) is 0 Å². The van der Waals surface area contributed by atoms with Crippen molar-refractivity contribution >= 4 is 0 Å². The SMILES string of the molecule is CCCCCCCCC=CCCCCCCCCC1C=CC=C1. The van der Waals surface area contributed by atoms with Gasteiger partial charge in [0.25, 0.3) is 0 Å². The molecule has 0 saturated carbocycles. The summed E-state index contributed by atoms with van der Waals surface area (Å²) >= 11 is 0. The van der Waals surface area contributed by atoms with Crippen molar-refractivity contribution in [2.45, 2.75) is 103 Å². The van der Waals surface area contributed by atoms with Crippen LogP contribution in [0.1, 0.15) is 103 Å². The summed E-state index contributed by atoms with van der Waals surface area (Å²) in [6, 6.07) is 0. The smallest absolute Gasteiger partial charge is 0.00473 e. The largest absolute Gasteiger partial charge is 0.0885 e. The highest BCUT2D eigenvalue weighted by Crippen LogP contribution is 2.18. The summed E-state index contributed by atoms with van der Waals surface area (Å²) in [5.74, 6) is 0.742. The van der Waals surface area contributed by atoms with E-state index in [1.807, 2.05) is 0 Å². The molecule has 0 aromatic carbocycles. The molecule has 0 radical (unpaired) electrons. The van der Waals surface area contributed by atoms with Crippen molar-refractivity contribution in [2.24, 2.45) is 5.92 Å². The standard InChI is InChI=1S/C23H40/c1-2-3-4-5-6-7-8-9-10-11-12-13-14-15-16-17-20-23-21-18-19-22-23/h9-10,18-19,21-23H,2-8,11-17,20H2,1H3. The Kier molecular flexibility index (Phi) is 14.2. The van der Waals surface area contributed by atoms with E-state index in [1.54, 1.807) is 0 Å². The van der Waals surface area contributed by atoms with Crippen molar-refractivity contribution in [3.8, 4) is 0 Å². The molecule has 0 heteroatoms. The van der Waals surface area contributed by atoms with Gasteiger partial charge in [0, 0.05) is 0 Å². The molecule has 1 aliphatic carbocycles. The van der Waals surface area contributed by atoms with Crippen molar-refractivity contribution in [1.29, 1.82) is 0 Å². The Hall–Kier alpha value is -0.780. The van der Waals surface area contributed by atoms with Gasteiger partial charge in [0.15, 0.2) is 0 Å². The van der Waals surface area contributed by atoms with Gasteiger partial charge >= 0.3 is 0 Å². The Morgan fingerprint density at radius 1 is 0.609 bits per heavy atom. The van der Waals surface area contributed by atoms with Gasteiger partial charge in [-0.05, 0) is 38.0 Å². The van der Waals surface area contributed by atoms with Crippen LogP contribution in [0.3, 0.4) is 0 Å². The maximum Gasteiger partial charge on any atom is -0.00473 e. The second-order valence-electron chi connectivity index (χ2n) is 7.16. The van der Waals surface area contributed by atoms with Crippen LogP contribution in [-0.2, 0) is 0 Å². The Balaban J connectivity index is 1.71. The van der Waals surface area contributed by atoms with Crippen LogP contribution in [-0.4, -0.2) is 0 Å². The van der Waals surface area contributed by atoms with E-state index in [2.05, 4.69) is 43.4 Å². The van der Waals surface area contributed by atoms with Crippen molar-refractivity contribution in [3.63, 3.8) is 0 Å². The van der Waals surface area contributed by atoms with Gasteiger partial charge in [-0.3, -0.25) is 0 Å². The molecule has 0 spiro atoms. The number of hydrogen-bond donors (Lipinski definition) is 0. The lowest BCUT2D eigenvalue weighted by molar-refractivity contribution is 0.560. The zero-order valence-corrected chi connectivity index (χ0v) is 15.6. The Bertz CT molecular complexity index is 309. The van der Waals surface area contributed by atoms with Crippen molar-refractivity contribution in [2.75, 3.05) is 0 Å². The Labute approximate surface area is 146 Å². The molecule has 1 aliphatic rings. The van der Waals surface area contributed by atoms with Crippen molar-refractivity contribution in [3.05, 3.63) is 36.5 Å². The summed E-state index contributed by atoms with van der Waals surface area (Å²) in [6.07, 6.45) is 34.8. The predicted molar refractivity (Wildman–Crippen MR) is 106 cm³/mol. The fourth-order valence-corrected chi connectivity index (χ4v) is 3.30. The highest BCUT2D eigenvalue weighted by atomic mass is 14.1. The molecule has 0 aromatic rings. The molecule has 0 unspecified atom stereocenters. The van der Waals surface area contributed by atoms with Crippen LogP contribution in [0.2, 0.25) is 0 Å². The number of rotatable bonds is 16. The molecule has 23 heavy (non-hydrogen) atoms. The monoisotopic (exact) mass is 316 g/mol. The highest BCUT2D eigenvalue weighted by Gasteiger charge is 2.02. The van der Waals surface area contributed by atoms with Crippen LogP contribution in [0.4, 0.5) is 0 Å². The molecule has 0 heterocycles. The van der Waals surface area contributed by atoms with E-state index in [0.29, 0.717) is 0 Å². The third kappa shape index (κ3) is 13.4. The Morgan fingerprint density at radius 2 is 1.09 bits per heavy atom. The van der Waals surface area contributed by atoms with Gasteiger partial charge in [-0.2, -0.15) is 0 Å². The summed E-state index contributed by atoms with van der Waals surface area (Å²) in [5.41, 5.74) is 0. The minimum atomic E-state index is 0.742. The second-order valence-corrected chi connectivity index (χ2v) is 7.16. The van der Waals surface area contributed by atoms with E-state index in [1.165, 1.54) is 96.3 Å². The number of hydrogen-bond acceptors (Lipinski definition) is 0. The normalized spacial score (nSPS) is 14.5. The van der Waals surface area contributed by atoms with Crippen LogP contribution in [0, 0.1) is 5.92 Å². The third-order valence-corrected chi connectivity index (χ3v) is 4.88. The van der Waals surface area contributed by atoms with E-state index in [4.69, 9.17) is 0 Å². The van der Waals surface area contributed by atoms with Crippen molar-refractivity contribution in [1.82, 2.24) is 0 Å². The first-order chi connectivity index (χ1) is 11.4. The zero-order valence-electron chi connectivity index (χ0n) is 15.6. The van der Waals surface area contributed by atoms with E-state index in [9.17, 15) is 0 Å². The van der Waals surface area contributed by atoms with Gasteiger partial charge in [-0.15, -0.1) is 0 Å². The maximum atomic E-state index is 2.42. The first-order valence-corrected chi connectivity index (χ1v) is 10.4. The average Bonchev–Trinajstić information content (AvgIpc) is 3.08. The lowest BCUT2D eigenvalue weighted by atomic mass is 10.0. The summed E-state index contributed by atoms with van der Waals surface area (Å²) in [6.45, 7) is 2.29. The molecular weight excluding hydrogens is 276 g/mol. The van der Waals surface area contributed by atoms with Gasteiger partial charge in [-0.25, -0.2) is 0 Å². The third-order valence-electron chi connectivity index (χ3n) is 4.88. The molecule has 0 N–H and O–H groups in total. The van der Waals surface area contributed by atoms with Crippen LogP contribution >= 0.6 is 0 Å². The lowest BCUT2D eigenvalue weighted by Crippen LogP contribution is -1.89. The fourth-order valence-electron chi connectivity index (χ4n) is 3.30. The van der Waals surface area contributed by atoms with Gasteiger partial charge < -0.3 is 0 Å². The van der Waals surface area contributed by atoms with E-state index in [-0.39, 0.29) is 0 Å². The fraction of sp³-hybridized carbons (Fsp3) is 0.739. The molecule has 0 aromatic heterocycles. The number of allylic oxidation sites excluding steroid dienone is 6. The molecule has 0 nitrogen and oxygen atoms in total. The minimum absolute atomic E-state index is 0.742. The first-order valence-electron chi connectivity index (χ1n) is 10.4. The topological polar surface area (TPSA) is 0 Å². The summed E-state index contributed by atoms with van der Waals surface area (Å²) in [4.78, 5) is 0. The molecular formula is C23H40. The van der Waals surface area contributed by atoms with Gasteiger partial charge in [-0.1, -0.05) is 108 Å². The average molecular weight is 317 g/mol. The Morgan fingerprint density at radius 3 is 1.65 bits per heavy atom. The minimum Gasteiger partial charge on any atom is -0.0885 e. The van der Waals surface area contributed by atoms with Gasteiger partial charge in [0.1, 0.15) is 0 Å². The molecule has 1 rings (SSSR count). The molecule has 0 amide bonds. The second kappa shape index (κ2) is 16.1. The molecule has 0 atom stereocenters. The quantitative estimate of drug-likeness (QED) is 0.199. The summed E-state index contributed by atoms with van der Waals surface area (Å²) < 4.78 is 0. The molecule has 0 saturated heterocycles. The predicted octanol–water partition coefficient (Wildman–Crippen LogP) is 8.16. The number of unbranched alkanes of at least 4 members (excludes halogenated alkanes) is 12. The van der Waals surface area contributed by atoms with Crippen LogP contribution in [0.15, 0.2) is 36.5 Å². The summed E-state index contributed by atoms with van der Waals surface area (Å²) in [5, 5.41) is 0. The van der Waals surface area contributed by atoms with E-state index < -0.39 is 0 Å². The highest BCUT2D eigenvalue weighted by molar-refractivity contribution is 5.17. The van der Waals surface area contributed by atoms with Crippen LogP contribution in [0.5, 0.6) is 0 Å². The van der Waals surface area contributed by atoms with E-state index >= 15 is 0 Å². The van der Waals surface area contributed by atoms with Gasteiger partial charge in [0.2, 0.25) is 0 Å². The first kappa shape index (κ1) is 20.3. The van der Waals surface area contributed by atoms with Crippen LogP contribution < -0.4 is 0 Å². The molecule has 0 bridgehead atoms. The van der Waals surface area contributed by atoms with Crippen molar-refractivity contribution < 1.29 is 0 Å². The summed E-state index contributed by atoms with van der Waals surface area (Å²) in [7, 11) is 0. The lowest BCUT2D eigenvalue weighted by Gasteiger charge is -2.04. The van der Waals surface area contributed by atoms with Gasteiger partial charge in [0.05, 0.1) is 0 Å².